The lowest BCUT2D eigenvalue weighted by molar-refractivity contribution is -0.137. The third-order valence-corrected chi connectivity index (χ3v) is 7.49. The second-order valence-corrected chi connectivity index (χ2v) is 9.34. The molecule has 0 aromatic heterocycles. The van der Waals surface area contributed by atoms with Crippen molar-refractivity contribution in [3.8, 4) is 0 Å². The van der Waals surface area contributed by atoms with Gasteiger partial charge in [0.15, 0.2) is 0 Å². The zero-order chi connectivity index (χ0) is 19.7. The van der Waals surface area contributed by atoms with Crippen molar-refractivity contribution in [1.82, 2.24) is 15.1 Å². The number of allylic oxidation sites excluding steroid dienone is 2. The van der Waals surface area contributed by atoms with Gasteiger partial charge < -0.3 is 20.2 Å². The van der Waals surface area contributed by atoms with Gasteiger partial charge in [-0.15, -0.1) is 0 Å². The standard InChI is InChI=1S/C22H35N3O3/c1-15(26)24-10-8-19(9-11-24)23-20-12-16(6-7-21(20)27)22(28)25-13-17-4-2-3-5-18(17)14-25/h2-3,16-21,23,27H,4-14H2,1H3. The molecule has 3 fully saturated rings. The van der Waals surface area contributed by atoms with E-state index in [9.17, 15) is 14.7 Å². The van der Waals surface area contributed by atoms with Crippen LogP contribution >= 0.6 is 0 Å². The maximum absolute atomic E-state index is 13.2. The van der Waals surface area contributed by atoms with Crippen LogP contribution in [0.15, 0.2) is 12.2 Å². The fourth-order valence-corrected chi connectivity index (χ4v) is 5.67. The third kappa shape index (κ3) is 4.28. The van der Waals surface area contributed by atoms with E-state index in [0.29, 0.717) is 30.2 Å². The average Bonchev–Trinajstić information content (AvgIpc) is 3.14. The highest BCUT2D eigenvalue weighted by Gasteiger charge is 2.40. The average molecular weight is 390 g/mol. The molecule has 5 atom stereocenters. The number of carbonyl (C=O) groups excluding carboxylic acids is 2. The van der Waals surface area contributed by atoms with Crippen molar-refractivity contribution in [2.24, 2.45) is 17.8 Å². The van der Waals surface area contributed by atoms with Crippen molar-refractivity contribution in [2.75, 3.05) is 26.2 Å². The third-order valence-electron chi connectivity index (χ3n) is 7.49. The summed E-state index contributed by atoms with van der Waals surface area (Å²) >= 11 is 0. The number of rotatable bonds is 3. The van der Waals surface area contributed by atoms with E-state index in [-0.39, 0.29) is 24.0 Å². The molecule has 4 rings (SSSR count). The van der Waals surface area contributed by atoms with E-state index in [0.717, 1.165) is 64.7 Å². The molecule has 0 spiro atoms. The van der Waals surface area contributed by atoms with Crippen LogP contribution < -0.4 is 5.32 Å². The van der Waals surface area contributed by atoms with E-state index < -0.39 is 0 Å². The summed E-state index contributed by atoms with van der Waals surface area (Å²) in [5, 5.41) is 14.1. The summed E-state index contributed by atoms with van der Waals surface area (Å²) < 4.78 is 0. The maximum atomic E-state index is 13.2. The summed E-state index contributed by atoms with van der Waals surface area (Å²) in [5.74, 6) is 1.76. The summed E-state index contributed by atoms with van der Waals surface area (Å²) in [4.78, 5) is 28.7. The smallest absolute Gasteiger partial charge is 0.225 e. The van der Waals surface area contributed by atoms with Gasteiger partial charge in [-0.25, -0.2) is 0 Å². The predicted octanol–water partition coefficient (Wildman–Crippen LogP) is 1.54. The van der Waals surface area contributed by atoms with Crippen molar-refractivity contribution in [2.45, 2.75) is 70.1 Å². The Hall–Kier alpha value is -1.40. The highest BCUT2D eigenvalue weighted by atomic mass is 16.3. The van der Waals surface area contributed by atoms with Gasteiger partial charge in [-0.05, 0) is 56.8 Å². The molecular weight excluding hydrogens is 354 g/mol. The summed E-state index contributed by atoms with van der Waals surface area (Å²) in [6.07, 6.45) is 10.5. The Labute approximate surface area is 168 Å². The van der Waals surface area contributed by atoms with Gasteiger partial charge in [-0.2, -0.15) is 0 Å². The SMILES string of the molecule is CC(=O)N1CCC(NC2CC(C(=O)N3CC4CC=CCC4C3)CCC2O)CC1. The Bertz CT molecular complexity index is 598. The molecule has 1 saturated carbocycles. The molecule has 4 aliphatic rings. The molecule has 0 bridgehead atoms. The van der Waals surface area contributed by atoms with Crippen LogP contribution in [-0.2, 0) is 9.59 Å². The van der Waals surface area contributed by atoms with E-state index in [1.807, 2.05) is 4.90 Å². The van der Waals surface area contributed by atoms with Gasteiger partial charge in [0.2, 0.25) is 11.8 Å². The number of aliphatic hydroxyl groups excluding tert-OH is 1. The summed E-state index contributed by atoms with van der Waals surface area (Å²) in [6, 6.07) is 0.313. The first-order valence-corrected chi connectivity index (χ1v) is 11.1. The molecular formula is C22H35N3O3. The van der Waals surface area contributed by atoms with Crippen LogP contribution in [0.2, 0.25) is 0 Å². The Balaban J connectivity index is 1.30. The minimum absolute atomic E-state index is 0.0110. The molecule has 2 aliphatic carbocycles. The van der Waals surface area contributed by atoms with E-state index in [4.69, 9.17) is 0 Å². The minimum Gasteiger partial charge on any atom is -0.392 e. The topological polar surface area (TPSA) is 72.9 Å². The van der Waals surface area contributed by atoms with Crippen LogP contribution in [0.1, 0.15) is 51.9 Å². The molecule has 28 heavy (non-hydrogen) atoms. The molecule has 0 radical (unpaired) electrons. The van der Waals surface area contributed by atoms with Crippen LogP contribution in [0.5, 0.6) is 0 Å². The first kappa shape index (κ1) is 19.9. The monoisotopic (exact) mass is 389 g/mol. The Morgan fingerprint density at radius 1 is 0.964 bits per heavy atom. The lowest BCUT2D eigenvalue weighted by Gasteiger charge is -2.39. The van der Waals surface area contributed by atoms with Crippen molar-refractivity contribution in [3.63, 3.8) is 0 Å². The highest BCUT2D eigenvalue weighted by molar-refractivity contribution is 5.79. The van der Waals surface area contributed by atoms with Gasteiger partial charge in [0, 0.05) is 51.1 Å². The summed E-state index contributed by atoms with van der Waals surface area (Å²) in [6.45, 7) is 5.01. The maximum Gasteiger partial charge on any atom is 0.225 e. The first-order chi connectivity index (χ1) is 13.5. The number of nitrogens with zero attached hydrogens (tertiary/aromatic N) is 2. The number of hydrogen-bond donors (Lipinski definition) is 2. The Morgan fingerprint density at radius 2 is 1.61 bits per heavy atom. The number of amides is 2. The zero-order valence-electron chi connectivity index (χ0n) is 17.1. The molecule has 2 N–H and O–H groups in total. The summed E-state index contributed by atoms with van der Waals surface area (Å²) in [7, 11) is 0. The van der Waals surface area contributed by atoms with Gasteiger partial charge in [0.25, 0.3) is 0 Å². The lowest BCUT2D eigenvalue weighted by Crippen LogP contribution is -2.53. The molecule has 2 amide bonds. The van der Waals surface area contributed by atoms with E-state index in [2.05, 4.69) is 22.4 Å². The second kappa shape index (κ2) is 8.54. The van der Waals surface area contributed by atoms with Gasteiger partial charge in [-0.1, -0.05) is 12.2 Å². The molecule has 6 nitrogen and oxygen atoms in total. The number of aliphatic hydroxyl groups is 1. The Morgan fingerprint density at radius 3 is 2.21 bits per heavy atom. The van der Waals surface area contributed by atoms with Crippen LogP contribution in [0.25, 0.3) is 0 Å². The molecule has 6 heteroatoms. The second-order valence-electron chi connectivity index (χ2n) is 9.34. The highest BCUT2D eigenvalue weighted by Crippen LogP contribution is 2.35. The quantitative estimate of drug-likeness (QED) is 0.718. The predicted molar refractivity (Wildman–Crippen MR) is 107 cm³/mol. The van der Waals surface area contributed by atoms with E-state index in [1.54, 1.807) is 6.92 Å². The van der Waals surface area contributed by atoms with E-state index in [1.165, 1.54) is 0 Å². The molecule has 2 saturated heterocycles. The molecule has 5 unspecified atom stereocenters. The zero-order valence-corrected chi connectivity index (χ0v) is 17.1. The van der Waals surface area contributed by atoms with Crippen molar-refractivity contribution < 1.29 is 14.7 Å². The summed E-state index contributed by atoms with van der Waals surface area (Å²) in [5.41, 5.74) is 0. The van der Waals surface area contributed by atoms with Gasteiger partial charge in [-0.3, -0.25) is 9.59 Å². The van der Waals surface area contributed by atoms with Crippen LogP contribution in [0, 0.1) is 17.8 Å². The van der Waals surface area contributed by atoms with Gasteiger partial charge in [0.1, 0.15) is 0 Å². The number of piperidine rings is 1. The minimum atomic E-state index is -0.375. The molecule has 156 valence electrons. The van der Waals surface area contributed by atoms with Crippen molar-refractivity contribution >= 4 is 11.8 Å². The number of likely N-dealkylation sites (tertiary alicyclic amines) is 2. The van der Waals surface area contributed by atoms with Crippen LogP contribution in [-0.4, -0.2) is 71.1 Å². The number of carbonyl (C=O) groups is 2. The largest absolute Gasteiger partial charge is 0.392 e. The van der Waals surface area contributed by atoms with E-state index >= 15 is 0 Å². The number of nitrogens with one attached hydrogen (secondary N) is 1. The first-order valence-electron chi connectivity index (χ1n) is 11.1. The fourth-order valence-electron chi connectivity index (χ4n) is 5.67. The van der Waals surface area contributed by atoms with Crippen molar-refractivity contribution in [3.05, 3.63) is 12.2 Å². The molecule has 2 aliphatic heterocycles. The van der Waals surface area contributed by atoms with Gasteiger partial charge >= 0.3 is 0 Å². The molecule has 0 aromatic carbocycles. The number of hydrogen-bond acceptors (Lipinski definition) is 4. The van der Waals surface area contributed by atoms with Crippen LogP contribution in [0.3, 0.4) is 0 Å². The lowest BCUT2D eigenvalue weighted by atomic mass is 9.82. The molecule has 2 heterocycles. The van der Waals surface area contributed by atoms with Crippen LogP contribution in [0.4, 0.5) is 0 Å². The molecule has 0 aromatic rings. The Kier molecular flexibility index (Phi) is 6.07. The van der Waals surface area contributed by atoms with Crippen molar-refractivity contribution in [1.29, 1.82) is 0 Å². The van der Waals surface area contributed by atoms with Gasteiger partial charge in [0.05, 0.1) is 6.10 Å². The number of fused-ring (bicyclic) bond motifs is 1. The normalized spacial score (nSPS) is 36.4. The fraction of sp³-hybridized carbons (Fsp3) is 0.818.